The lowest BCUT2D eigenvalue weighted by Crippen LogP contribution is -2.23. The Morgan fingerprint density at radius 1 is 1.50 bits per heavy atom. The molecule has 1 amide bonds. The van der Waals surface area contributed by atoms with Crippen molar-refractivity contribution in [3.05, 3.63) is 35.5 Å². The minimum atomic E-state index is -1.00. The number of nitrogens with zero attached hydrogens (tertiary/aromatic N) is 3. The minimum Gasteiger partial charge on any atom is -0.480 e. The molecule has 0 aliphatic heterocycles. The molecule has 0 aliphatic rings. The molecule has 8 nitrogen and oxygen atoms in total. The van der Waals surface area contributed by atoms with Crippen molar-refractivity contribution >= 4 is 11.9 Å². The number of carboxylic acid groups (broad SMARTS) is 1. The maximum Gasteiger partial charge on any atom is 0.325 e. The smallest absolute Gasteiger partial charge is 0.325 e. The van der Waals surface area contributed by atoms with E-state index < -0.39 is 5.97 Å². The van der Waals surface area contributed by atoms with Crippen LogP contribution >= 0.6 is 0 Å². The topological polar surface area (TPSA) is 110 Å². The summed E-state index contributed by atoms with van der Waals surface area (Å²) in [5.41, 5.74) is 0.978. The molecule has 2 N–H and O–H groups in total. The van der Waals surface area contributed by atoms with Crippen LogP contribution in [0.25, 0.3) is 0 Å². The number of aliphatic carboxylic acids is 1. The Balaban J connectivity index is 1.93. The van der Waals surface area contributed by atoms with E-state index in [1.165, 1.54) is 17.1 Å². The summed E-state index contributed by atoms with van der Waals surface area (Å²) in [5, 5.41) is 18.7. The summed E-state index contributed by atoms with van der Waals surface area (Å²) in [7, 11) is 0. The van der Waals surface area contributed by atoms with Crippen LogP contribution in [0, 0.1) is 0 Å². The third-order valence-electron chi connectivity index (χ3n) is 2.62. The van der Waals surface area contributed by atoms with E-state index in [1.807, 2.05) is 6.92 Å². The number of carbonyl (C=O) groups is 2. The number of carbonyl (C=O) groups excluding carboxylic acids is 1. The highest BCUT2D eigenvalue weighted by atomic mass is 16.4. The molecule has 0 unspecified atom stereocenters. The molecular formula is C12H14N4O4. The summed E-state index contributed by atoms with van der Waals surface area (Å²) in [5.74, 6) is -0.642. The average molecular weight is 278 g/mol. The fourth-order valence-corrected chi connectivity index (χ4v) is 1.72. The lowest BCUT2D eigenvalue weighted by Gasteiger charge is -2.02. The zero-order valence-electron chi connectivity index (χ0n) is 10.9. The molecule has 2 rings (SSSR count). The first-order chi connectivity index (χ1) is 9.60. The number of hydrogen-bond acceptors (Lipinski definition) is 5. The van der Waals surface area contributed by atoms with Crippen LogP contribution in [0.5, 0.6) is 0 Å². The van der Waals surface area contributed by atoms with Crippen molar-refractivity contribution in [2.45, 2.75) is 26.4 Å². The third kappa shape index (κ3) is 3.22. The molecule has 2 aromatic heterocycles. The molecule has 20 heavy (non-hydrogen) atoms. The second-order valence-corrected chi connectivity index (χ2v) is 4.09. The molecule has 0 saturated heterocycles. The lowest BCUT2D eigenvalue weighted by atomic mass is 10.2. The summed E-state index contributed by atoms with van der Waals surface area (Å²) in [6, 6.07) is 1.61. The first kappa shape index (κ1) is 13.8. The van der Waals surface area contributed by atoms with E-state index >= 15 is 0 Å². The highest BCUT2D eigenvalue weighted by Crippen LogP contribution is 2.11. The number of nitrogens with one attached hydrogen (secondary N) is 1. The summed E-state index contributed by atoms with van der Waals surface area (Å²) in [6.45, 7) is 1.81. The monoisotopic (exact) mass is 278 g/mol. The number of hydrogen-bond donors (Lipinski definition) is 2. The second kappa shape index (κ2) is 6.00. The molecule has 0 aliphatic carbocycles. The van der Waals surface area contributed by atoms with Gasteiger partial charge >= 0.3 is 5.97 Å². The van der Waals surface area contributed by atoms with Crippen LogP contribution in [0.1, 0.15) is 28.7 Å². The SMILES string of the molecule is CCc1occc1C(=O)NCc1cn(CC(=O)O)nn1. The number of amides is 1. The van der Waals surface area contributed by atoms with Crippen molar-refractivity contribution in [1.29, 1.82) is 0 Å². The first-order valence-corrected chi connectivity index (χ1v) is 6.05. The van der Waals surface area contributed by atoms with E-state index in [0.717, 1.165) is 0 Å². The number of aryl methyl sites for hydroxylation is 1. The fourth-order valence-electron chi connectivity index (χ4n) is 1.72. The molecule has 106 valence electrons. The number of rotatable bonds is 6. The maximum atomic E-state index is 11.9. The van der Waals surface area contributed by atoms with Crippen molar-refractivity contribution in [3.63, 3.8) is 0 Å². The van der Waals surface area contributed by atoms with E-state index in [-0.39, 0.29) is 19.0 Å². The van der Waals surface area contributed by atoms with Crippen molar-refractivity contribution in [1.82, 2.24) is 20.3 Å². The normalized spacial score (nSPS) is 10.4. The molecule has 0 radical (unpaired) electrons. The van der Waals surface area contributed by atoms with Gasteiger partial charge in [-0.15, -0.1) is 5.10 Å². The molecule has 0 saturated carbocycles. The van der Waals surface area contributed by atoms with Gasteiger partial charge in [0.25, 0.3) is 5.91 Å². The van der Waals surface area contributed by atoms with Gasteiger partial charge in [-0.25, -0.2) is 4.68 Å². The van der Waals surface area contributed by atoms with Gasteiger partial charge in [0, 0.05) is 6.42 Å². The molecule has 2 heterocycles. The van der Waals surface area contributed by atoms with Crippen LogP contribution in [0.2, 0.25) is 0 Å². The van der Waals surface area contributed by atoms with E-state index in [0.29, 0.717) is 23.4 Å². The van der Waals surface area contributed by atoms with Gasteiger partial charge < -0.3 is 14.8 Å². The van der Waals surface area contributed by atoms with Gasteiger partial charge in [0.15, 0.2) is 0 Å². The highest BCUT2D eigenvalue weighted by Gasteiger charge is 2.13. The van der Waals surface area contributed by atoms with Crippen molar-refractivity contribution in [3.8, 4) is 0 Å². The first-order valence-electron chi connectivity index (χ1n) is 6.05. The van der Waals surface area contributed by atoms with Gasteiger partial charge in [-0.3, -0.25) is 9.59 Å². The molecular weight excluding hydrogens is 264 g/mol. The fraction of sp³-hybridized carbons (Fsp3) is 0.333. The standard InChI is InChI=1S/C12H14N4O4/c1-2-10-9(3-4-20-10)12(19)13-5-8-6-16(15-14-8)7-11(17)18/h3-4,6H,2,5,7H2,1H3,(H,13,19)(H,17,18). The summed E-state index contributed by atoms with van der Waals surface area (Å²) >= 11 is 0. The molecule has 0 fully saturated rings. The number of furan rings is 1. The molecule has 0 spiro atoms. The zero-order valence-corrected chi connectivity index (χ0v) is 10.9. The van der Waals surface area contributed by atoms with Gasteiger partial charge in [-0.1, -0.05) is 12.1 Å². The Morgan fingerprint density at radius 3 is 3.00 bits per heavy atom. The van der Waals surface area contributed by atoms with E-state index in [2.05, 4.69) is 15.6 Å². The zero-order chi connectivity index (χ0) is 14.5. The van der Waals surface area contributed by atoms with Gasteiger partial charge in [0.2, 0.25) is 0 Å². The van der Waals surface area contributed by atoms with Crippen LogP contribution in [0.3, 0.4) is 0 Å². The lowest BCUT2D eigenvalue weighted by molar-refractivity contribution is -0.137. The Bertz CT molecular complexity index is 617. The van der Waals surface area contributed by atoms with Crippen LogP contribution < -0.4 is 5.32 Å². The quantitative estimate of drug-likeness (QED) is 0.793. The molecule has 8 heteroatoms. The highest BCUT2D eigenvalue weighted by molar-refractivity contribution is 5.95. The summed E-state index contributed by atoms with van der Waals surface area (Å²) < 4.78 is 6.37. The Hall–Kier alpha value is -2.64. The summed E-state index contributed by atoms with van der Waals surface area (Å²) in [4.78, 5) is 22.4. The molecule has 0 atom stereocenters. The van der Waals surface area contributed by atoms with Gasteiger partial charge in [0.05, 0.1) is 24.6 Å². The minimum absolute atomic E-state index is 0.173. The Kier molecular flexibility index (Phi) is 4.14. The summed E-state index contributed by atoms with van der Waals surface area (Å²) in [6.07, 6.45) is 3.58. The van der Waals surface area contributed by atoms with Crippen molar-refractivity contribution in [2.24, 2.45) is 0 Å². The van der Waals surface area contributed by atoms with Crippen molar-refractivity contribution in [2.75, 3.05) is 0 Å². The predicted molar refractivity (Wildman–Crippen MR) is 66.9 cm³/mol. The van der Waals surface area contributed by atoms with Crippen LogP contribution in [0.15, 0.2) is 22.9 Å². The largest absolute Gasteiger partial charge is 0.480 e. The van der Waals surface area contributed by atoms with E-state index in [1.54, 1.807) is 6.07 Å². The molecule has 2 aromatic rings. The molecule has 0 bridgehead atoms. The van der Waals surface area contributed by atoms with E-state index in [4.69, 9.17) is 9.52 Å². The Morgan fingerprint density at radius 2 is 2.30 bits per heavy atom. The van der Waals surface area contributed by atoms with Gasteiger partial charge in [0.1, 0.15) is 18.0 Å². The second-order valence-electron chi connectivity index (χ2n) is 4.09. The maximum absolute atomic E-state index is 11.9. The predicted octanol–water partition coefficient (Wildman–Crippen LogP) is 0.448. The third-order valence-corrected chi connectivity index (χ3v) is 2.62. The number of carboxylic acids is 1. The number of aromatic nitrogens is 3. The van der Waals surface area contributed by atoms with Gasteiger partial charge in [-0.2, -0.15) is 0 Å². The van der Waals surface area contributed by atoms with Gasteiger partial charge in [-0.05, 0) is 6.07 Å². The van der Waals surface area contributed by atoms with E-state index in [9.17, 15) is 9.59 Å². The average Bonchev–Trinajstić information content (AvgIpc) is 3.03. The van der Waals surface area contributed by atoms with Crippen LogP contribution in [-0.4, -0.2) is 32.0 Å². The molecule has 0 aromatic carbocycles. The Labute approximate surface area is 114 Å². The van der Waals surface area contributed by atoms with Crippen molar-refractivity contribution < 1.29 is 19.1 Å². The van der Waals surface area contributed by atoms with Crippen LogP contribution in [-0.2, 0) is 24.3 Å². The van der Waals surface area contributed by atoms with Crippen LogP contribution in [0.4, 0.5) is 0 Å².